The maximum atomic E-state index is 13.1. The zero-order valence-corrected chi connectivity index (χ0v) is 19.3. The van der Waals surface area contributed by atoms with Crippen molar-refractivity contribution in [2.24, 2.45) is 12.0 Å². The van der Waals surface area contributed by atoms with Gasteiger partial charge in [-0.1, -0.05) is 48.0 Å². The Morgan fingerprint density at radius 1 is 1.16 bits per heavy atom. The molecule has 2 aromatic heterocycles. The minimum atomic E-state index is -0.182. The number of nitrogens with one attached hydrogen (secondary N) is 1. The van der Waals surface area contributed by atoms with Crippen LogP contribution < -0.4 is 15.7 Å². The Morgan fingerprint density at radius 3 is 2.61 bits per heavy atom. The Kier molecular flexibility index (Phi) is 6.22. The van der Waals surface area contributed by atoms with E-state index in [2.05, 4.69) is 10.3 Å². The molecule has 0 fully saturated rings. The molecule has 158 valence electrons. The molecule has 0 aliphatic carbocycles. The van der Waals surface area contributed by atoms with Crippen molar-refractivity contribution in [3.8, 4) is 5.69 Å². The maximum absolute atomic E-state index is 13.1. The van der Waals surface area contributed by atoms with Crippen LogP contribution in [0.4, 0.5) is 5.69 Å². The number of thiocarbonyl (C=S) groups is 1. The van der Waals surface area contributed by atoms with Gasteiger partial charge in [0.15, 0.2) is 9.91 Å². The highest BCUT2D eigenvalue weighted by Crippen LogP contribution is 2.16. The molecule has 9 heteroatoms. The molecule has 2 heterocycles. The summed E-state index contributed by atoms with van der Waals surface area (Å²) in [5.74, 6) is 0. The van der Waals surface area contributed by atoms with Gasteiger partial charge in [0.1, 0.15) is 5.69 Å². The lowest BCUT2D eigenvalue weighted by Crippen LogP contribution is -2.23. The summed E-state index contributed by atoms with van der Waals surface area (Å²) in [6.45, 7) is 2.45. The van der Waals surface area contributed by atoms with E-state index in [0.29, 0.717) is 17.3 Å². The molecule has 4 aromatic rings. The van der Waals surface area contributed by atoms with Gasteiger partial charge in [-0.25, -0.2) is 4.68 Å². The molecule has 0 atom stereocenters. The number of benzene rings is 2. The van der Waals surface area contributed by atoms with Crippen molar-refractivity contribution in [2.75, 3.05) is 5.32 Å². The molecule has 2 aromatic carbocycles. The topological polar surface area (TPSA) is 56.2 Å². The number of anilines is 1. The molecule has 0 saturated heterocycles. The van der Waals surface area contributed by atoms with Crippen molar-refractivity contribution in [2.45, 2.75) is 13.5 Å². The molecular weight excluding hydrogens is 450 g/mol. The monoisotopic (exact) mass is 469 g/mol. The van der Waals surface area contributed by atoms with Crippen LogP contribution in [0, 0.1) is 6.92 Å². The van der Waals surface area contributed by atoms with Crippen molar-refractivity contribution in [1.29, 1.82) is 0 Å². The normalized spacial score (nSPS) is 11.6. The van der Waals surface area contributed by atoms with Crippen LogP contribution >= 0.6 is 35.2 Å². The van der Waals surface area contributed by atoms with Crippen LogP contribution in [0.25, 0.3) is 5.69 Å². The standard InChI is InChI=1S/C22H20ClN5OS2/c1-15-19(20(29)28(26(15)2)17-9-4-3-5-10-17)24-21(30)25-22-27(12-13-31-22)14-16-8-6-7-11-18(16)23/h3-13H,14H2,1-2H3,(H,24,30). The van der Waals surface area contributed by atoms with Gasteiger partial charge in [-0.2, -0.15) is 4.99 Å². The number of hydrogen-bond acceptors (Lipinski definition) is 3. The molecule has 0 saturated carbocycles. The van der Waals surface area contributed by atoms with Crippen molar-refractivity contribution < 1.29 is 0 Å². The van der Waals surface area contributed by atoms with Gasteiger partial charge >= 0.3 is 0 Å². The zero-order valence-electron chi connectivity index (χ0n) is 16.9. The lowest BCUT2D eigenvalue weighted by atomic mass is 10.2. The van der Waals surface area contributed by atoms with Crippen LogP contribution in [0.2, 0.25) is 5.02 Å². The van der Waals surface area contributed by atoms with Crippen molar-refractivity contribution in [3.05, 3.63) is 97.6 Å². The van der Waals surface area contributed by atoms with E-state index in [1.54, 1.807) is 9.36 Å². The van der Waals surface area contributed by atoms with Gasteiger partial charge in [0.25, 0.3) is 5.56 Å². The average Bonchev–Trinajstić information content (AvgIpc) is 3.28. The summed E-state index contributed by atoms with van der Waals surface area (Å²) >= 11 is 13.2. The highest BCUT2D eigenvalue weighted by Gasteiger charge is 2.16. The first-order valence-corrected chi connectivity index (χ1v) is 11.2. The maximum Gasteiger partial charge on any atom is 0.295 e. The number of rotatable bonds is 4. The fourth-order valence-electron chi connectivity index (χ4n) is 3.25. The van der Waals surface area contributed by atoms with E-state index >= 15 is 0 Å². The molecule has 0 amide bonds. The Labute approximate surface area is 193 Å². The third-order valence-corrected chi connectivity index (χ3v) is 6.30. The molecule has 0 aliphatic heterocycles. The lowest BCUT2D eigenvalue weighted by molar-refractivity contribution is 0.630. The lowest BCUT2D eigenvalue weighted by Gasteiger charge is -2.07. The summed E-state index contributed by atoms with van der Waals surface area (Å²) in [6.07, 6.45) is 1.94. The average molecular weight is 470 g/mol. The number of thiazole rings is 1. The van der Waals surface area contributed by atoms with Crippen LogP contribution in [-0.2, 0) is 13.6 Å². The van der Waals surface area contributed by atoms with Crippen LogP contribution in [0.5, 0.6) is 0 Å². The summed E-state index contributed by atoms with van der Waals surface area (Å²) < 4.78 is 5.37. The summed E-state index contributed by atoms with van der Waals surface area (Å²) in [5.41, 5.74) is 2.77. The number of nitrogens with zero attached hydrogens (tertiary/aromatic N) is 4. The number of halogens is 1. The van der Waals surface area contributed by atoms with Gasteiger partial charge in [-0.3, -0.25) is 9.48 Å². The Morgan fingerprint density at radius 2 is 1.87 bits per heavy atom. The van der Waals surface area contributed by atoms with E-state index in [1.807, 2.05) is 84.7 Å². The molecule has 0 aliphatic rings. The van der Waals surface area contributed by atoms with Crippen LogP contribution in [0.15, 0.2) is 76.0 Å². The fourth-order valence-corrected chi connectivity index (χ4v) is 4.43. The van der Waals surface area contributed by atoms with Gasteiger partial charge in [0.05, 0.1) is 17.9 Å². The van der Waals surface area contributed by atoms with Crippen molar-refractivity contribution in [3.63, 3.8) is 0 Å². The first kappa shape index (κ1) is 21.3. The van der Waals surface area contributed by atoms with E-state index in [9.17, 15) is 4.79 Å². The van der Waals surface area contributed by atoms with Gasteiger partial charge in [-0.15, -0.1) is 11.3 Å². The molecule has 0 bridgehead atoms. The molecule has 0 unspecified atom stereocenters. The van der Waals surface area contributed by atoms with Crippen LogP contribution in [0.1, 0.15) is 11.3 Å². The van der Waals surface area contributed by atoms with Gasteiger partial charge < -0.3 is 9.88 Å². The third-order valence-electron chi connectivity index (χ3n) is 4.94. The van der Waals surface area contributed by atoms with E-state index in [1.165, 1.54) is 11.3 Å². The second-order valence-corrected chi connectivity index (χ2v) is 8.55. The van der Waals surface area contributed by atoms with Gasteiger partial charge in [0, 0.05) is 23.6 Å². The van der Waals surface area contributed by atoms with E-state index in [-0.39, 0.29) is 10.7 Å². The fraction of sp³-hybridized carbons (Fsp3) is 0.136. The van der Waals surface area contributed by atoms with Crippen LogP contribution in [0.3, 0.4) is 0 Å². The Balaban J connectivity index is 1.62. The van der Waals surface area contributed by atoms with Crippen LogP contribution in [-0.4, -0.2) is 19.0 Å². The first-order valence-electron chi connectivity index (χ1n) is 9.53. The Hall–Kier alpha value is -2.94. The molecular formula is C22H20ClN5OS2. The Bertz CT molecular complexity index is 1360. The summed E-state index contributed by atoms with van der Waals surface area (Å²) in [5, 5.41) is 5.89. The smallest absolute Gasteiger partial charge is 0.295 e. The van der Waals surface area contributed by atoms with Gasteiger partial charge in [-0.05, 0) is 42.9 Å². The predicted molar refractivity (Wildman–Crippen MR) is 130 cm³/mol. The number of hydrogen-bond donors (Lipinski definition) is 1. The summed E-state index contributed by atoms with van der Waals surface area (Å²) in [7, 11) is 1.84. The quantitative estimate of drug-likeness (QED) is 0.452. The molecule has 6 nitrogen and oxygen atoms in total. The number of para-hydroxylation sites is 1. The predicted octanol–water partition coefficient (Wildman–Crippen LogP) is 4.35. The van der Waals surface area contributed by atoms with Crippen molar-refractivity contribution >= 4 is 46.0 Å². The second kappa shape index (κ2) is 9.05. The number of aromatic nitrogens is 3. The third kappa shape index (κ3) is 4.41. The summed E-state index contributed by atoms with van der Waals surface area (Å²) in [6, 6.07) is 17.2. The van der Waals surface area contributed by atoms with Gasteiger partial charge in [0.2, 0.25) is 0 Å². The van der Waals surface area contributed by atoms with E-state index in [4.69, 9.17) is 23.8 Å². The first-order chi connectivity index (χ1) is 15.0. The van der Waals surface area contributed by atoms with E-state index < -0.39 is 0 Å². The molecule has 31 heavy (non-hydrogen) atoms. The summed E-state index contributed by atoms with van der Waals surface area (Å²) in [4.78, 5) is 18.3. The SMILES string of the molecule is Cc1c(NC(=S)N=c2sccn2Cc2ccccc2Cl)c(=O)n(-c2ccccc2)n1C. The highest BCUT2D eigenvalue weighted by atomic mass is 35.5. The van der Waals surface area contributed by atoms with E-state index in [0.717, 1.165) is 21.7 Å². The minimum Gasteiger partial charge on any atom is -0.325 e. The highest BCUT2D eigenvalue weighted by molar-refractivity contribution is 7.80. The zero-order chi connectivity index (χ0) is 22.0. The largest absolute Gasteiger partial charge is 0.325 e. The minimum absolute atomic E-state index is 0.182. The molecule has 1 N–H and O–H groups in total. The second-order valence-electron chi connectivity index (χ2n) is 6.88. The molecule has 4 rings (SSSR count). The molecule has 0 spiro atoms. The molecule has 0 radical (unpaired) electrons. The van der Waals surface area contributed by atoms with Crippen molar-refractivity contribution in [1.82, 2.24) is 13.9 Å².